The molecule has 0 spiro atoms. The van der Waals surface area contributed by atoms with Gasteiger partial charge in [0.05, 0.1) is 5.75 Å². The van der Waals surface area contributed by atoms with Crippen LogP contribution in [0.4, 0.5) is 5.82 Å². The van der Waals surface area contributed by atoms with E-state index in [1.165, 1.54) is 17.9 Å². The number of aromatic nitrogens is 2. The van der Waals surface area contributed by atoms with Gasteiger partial charge >= 0.3 is 0 Å². The van der Waals surface area contributed by atoms with Crippen molar-refractivity contribution in [3.8, 4) is 0 Å². The first kappa shape index (κ1) is 15.3. The fourth-order valence-corrected chi connectivity index (χ4v) is 2.40. The summed E-state index contributed by atoms with van der Waals surface area (Å²) in [6.07, 6.45) is 4.49. The Balaban J connectivity index is 2.70. The fourth-order valence-electron chi connectivity index (χ4n) is 1.65. The number of hydrogen-bond acceptors (Lipinski definition) is 4. The number of rotatable bonds is 9. The molecule has 0 aliphatic carbocycles. The summed E-state index contributed by atoms with van der Waals surface area (Å²) >= 11 is 1.91. The molecule has 1 rings (SSSR count). The van der Waals surface area contributed by atoms with Crippen LogP contribution in [0.15, 0.2) is 6.07 Å². The van der Waals surface area contributed by atoms with Gasteiger partial charge in [-0.2, -0.15) is 11.8 Å². The van der Waals surface area contributed by atoms with E-state index in [1.807, 2.05) is 11.8 Å². The normalized spacial score (nSPS) is 10.6. The van der Waals surface area contributed by atoms with Crippen LogP contribution in [0.25, 0.3) is 0 Å². The van der Waals surface area contributed by atoms with Gasteiger partial charge in [-0.05, 0) is 25.0 Å². The van der Waals surface area contributed by atoms with E-state index in [0.29, 0.717) is 0 Å². The van der Waals surface area contributed by atoms with E-state index in [2.05, 4.69) is 42.1 Å². The molecule has 0 aliphatic heterocycles. The maximum atomic E-state index is 4.63. The SMILES string of the molecule is CCCNc1cc(CCC)nc(CSCCC)n1. The molecule has 1 N–H and O–H groups in total. The zero-order valence-electron chi connectivity index (χ0n) is 11.8. The monoisotopic (exact) mass is 267 g/mol. The molecule has 1 heterocycles. The minimum absolute atomic E-state index is 0.923. The zero-order chi connectivity index (χ0) is 13.2. The molecule has 0 saturated heterocycles. The Morgan fingerprint density at radius 3 is 2.61 bits per heavy atom. The van der Waals surface area contributed by atoms with Crippen molar-refractivity contribution in [1.82, 2.24) is 9.97 Å². The molecule has 0 saturated carbocycles. The number of nitrogens with one attached hydrogen (secondary N) is 1. The summed E-state index contributed by atoms with van der Waals surface area (Å²) < 4.78 is 0. The lowest BCUT2D eigenvalue weighted by Gasteiger charge is -2.09. The molecule has 18 heavy (non-hydrogen) atoms. The Hall–Kier alpha value is -0.770. The maximum absolute atomic E-state index is 4.63. The van der Waals surface area contributed by atoms with Gasteiger partial charge in [0.1, 0.15) is 11.6 Å². The van der Waals surface area contributed by atoms with Crippen LogP contribution < -0.4 is 5.32 Å². The molecule has 0 aromatic carbocycles. The summed E-state index contributed by atoms with van der Waals surface area (Å²) in [6, 6.07) is 2.09. The summed E-state index contributed by atoms with van der Waals surface area (Å²) in [7, 11) is 0. The Bertz CT molecular complexity index is 342. The van der Waals surface area contributed by atoms with Crippen molar-refractivity contribution in [3.63, 3.8) is 0 Å². The van der Waals surface area contributed by atoms with Crippen LogP contribution in [0.1, 0.15) is 51.6 Å². The van der Waals surface area contributed by atoms with Crippen molar-refractivity contribution in [1.29, 1.82) is 0 Å². The van der Waals surface area contributed by atoms with E-state index >= 15 is 0 Å². The first-order chi connectivity index (χ1) is 8.80. The highest BCUT2D eigenvalue weighted by molar-refractivity contribution is 7.98. The van der Waals surface area contributed by atoms with Crippen molar-refractivity contribution in [2.45, 2.75) is 52.2 Å². The van der Waals surface area contributed by atoms with E-state index in [0.717, 1.165) is 43.2 Å². The maximum Gasteiger partial charge on any atom is 0.140 e. The molecule has 0 bridgehead atoms. The van der Waals surface area contributed by atoms with Gasteiger partial charge in [0.25, 0.3) is 0 Å². The van der Waals surface area contributed by atoms with Crippen LogP contribution in [-0.4, -0.2) is 22.3 Å². The van der Waals surface area contributed by atoms with E-state index in [-0.39, 0.29) is 0 Å². The molecule has 0 aliphatic rings. The highest BCUT2D eigenvalue weighted by atomic mass is 32.2. The second kappa shape index (κ2) is 9.20. The smallest absolute Gasteiger partial charge is 0.140 e. The largest absolute Gasteiger partial charge is 0.370 e. The molecule has 0 unspecified atom stereocenters. The topological polar surface area (TPSA) is 37.8 Å². The van der Waals surface area contributed by atoms with Crippen molar-refractivity contribution >= 4 is 17.6 Å². The van der Waals surface area contributed by atoms with Gasteiger partial charge in [0.2, 0.25) is 0 Å². The highest BCUT2D eigenvalue weighted by Gasteiger charge is 2.04. The molecule has 1 aromatic rings. The number of thioether (sulfide) groups is 1. The Labute approximate surface area is 115 Å². The first-order valence-electron chi connectivity index (χ1n) is 6.98. The first-order valence-corrected chi connectivity index (χ1v) is 8.14. The Morgan fingerprint density at radius 1 is 1.11 bits per heavy atom. The van der Waals surface area contributed by atoms with Crippen LogP contribution >= 0.6 is 11.8 Å². The molecule has 0 radical (unpaired) electrons. The van der Waals surface area contributed by atoms with Gasteiger partial charge in [-0.3, -0.25) is 0 Å². The third kappa shape index (κ3) is 5.71. The van der Waals surface area contributed by atoms with Gasteiger partial charge in [-0.1, -0.05) is 27.2 Å². The van der Waals surface area contributed by atoms with Gasteiger partial charge in [0, 0.05) is 18.3 Å². The number of nitrogens with zero attached hydrogens (tertiary/aromatic N) is 2. The number of aryl methyl sites for hydroxylation is 1. The highest BCUT2D eigenvalue weighted by Crippen LogP contribution is 2.14. The summed E-state index contributed by atoms with van der Waals surface area (Å²) in [5, 5.41) is 3.36. The van der Waals surface area contributed by atoms with Gasteiger partial charge < -0.3 is 5.32 Å². The average Bonchev–Trinajstić information content (AvgIpc) is 2.37. The Morgan fingerprint density at radius 2 is 1.94 bits per heavy atom. The molecule has 0 fully saturated rings. The van der Waals surface area contributed by atoms with Gasteiger partial charge in [0.15, 0.2) is 0 Å². The van der Waals surface area contributed by atoms with Gasteiger partial charge in [-0.15, -0.1) is 0 Å². The van der Waals surface area contributed by atoms with Crippen molar-refractivity contribution in [2.24, 2.45) is 0 Å². The van der Waals surface area contributed by atoms with Crippen LogP contribution in [0.3, 0.4) is 0 Å². The summed E-state index contributed by atoms with van der Waals surface area (Å²) in [5.74, 6) is 4.06. The van der Waals surface area contributed by atoms with Crippen molar-refractivity contribution in [2.75, 3.05) is 17.6 Å². The molecule has 1 aromatic heterocycles. The minimum Gasteiger partial charge on any atom is -0.370 e. The summed E-state index contributed by atoms with van der Waals surface area (Å²) in [4.78, 5) is 9.21. The lowest BCUT2D eigenvalue weighted by Crippen LogP contribution is -2.07. The second-order valence-corrected chi connectivity index (χ2v) is 5.50. The van der Waals surface area contributed by atoms with Crippen LogP contribution in [-0.2, 0) is 12.2 Å². The second-order valence-electron chi connectivity index (χ2n) is 4.39. The molecular formula is C14H25N3S. The third-order valence-corrected chi connectivity index (χ3v) is 3.63. The number of hydrogen-bond donors (Lipinski definition) is 1. The molecule has 0 amide bonds. The lowest BCUT2D eigenvalue weighted by atomic mass is 10.2. The molecule has 0 atom stereocenters. The molecule has 4 heteroatoms. The predicted octanol–water partition coefficient (Wildman–Crippen LogP) is 3.89. The Kier molecular flexibility index (Phi) is 7.81. The van der Waals surface area contributed by atoms with Crippen LogP contribution in [0.2, 0.25) is 0 Å². The average molecular weight is 267 g/mol. The fraction of sp³-hybridized carbons (Fsp3) is 0.714. The van der Waals surface area contributed by atoms with E-state index < -0.39 is 0 Å². The molecule has 3 nitrogen and oxygen atoms in total. The van der Waals surface area contributed by atoms with E-state index in [4.69, 9.17) is 0 Å². The number of anilines is 1. The van der Waals surface area contributed by atoms with Crippen molar-refractivity contribution in [3.05, 3.63) is 17.6 Å². The summed E-state index contributed by atoms with van der Waals surface area (Å²) in [6.45, 7) is 7.53. The van der Waals surface area contributed by atoms with Crippen LogP contribution in [0.5, 0.6) is 0 Å². The standard InChI is InChI=1S/C14H25N3S/c1-4-7-12-10-13(15-8-5-2)17-14(16-12)11-18-9-6-3/h10H,4-9,11H2,1-3H3,(H,15,16,17). The van der Waals surface area contributed by atoms with Crippen LogP contribution in [0, 0.1) is 0 Å². The minimum atomic E-state index is 0.923. The molecule has 102 valence electrons. The zero-order valence-corrected chi connectivity index (χ0v) is 12.6. The van der Waals surface area contributed by atoms with Crippen molar-refractivity contribution < 1.29 is 0 Å². The van der Waals surface area contributed by atoms with E-state index in [9.17, 15) is 0 Å². The molecular weight excluding hydrogens is 242 g/mol. The predicted molar refractivity (Wildman–Crippen MR) is 81.3 cm³/mol. The van der Waals surface area contributed by atoms with E-state index in [1.54, 1.807) is 0 Å². The quantitative estimate of drug-likeness (QED) is 0.689. The van der Waals surface area contributed by atoms with Gasteiger partial charge in [-0.25, -0.2) is 9.97 Å². The third-order valence-electron chi connectivity index (χ3n) is 2.47. The lowest BCUT2D eigenvalue weighted by molar-refractivity contribution is 0.850. The summed E-state index contributed by atoms with van der Waals surface area (Å²) in [5.41, 5.74) is 1.17.